The quantitative estimate of drug-likeness (QED) is 0.828. The van der Waals surface area contributed by atoms with Crippen LogP contribution in [0.5, 0.6) is 0 Å². The molecular weight excluding hydrogens is 266 g/mol. The third-order valence-corrected chi connectivity index (χ3v) is 4.94. The fourth-order valence-electron chi connectivity index (χ4n) is 1.95. The second kappa shape index (κ2) is 6.12. The van der Waals surface area contributed by atoms with Gasteiger partial charge in [-0.05, 0) is 24.1 Å². The Bertz CT molecular complexity index is 530. The summed E-state index contributed by atoms with van der Waals surface area (Å²) in [6, 6.07) is 3.62. The monoisotopic (exact) mass is 283 g/mol. The molecule has 19 heavy (non-hydrogen) atoms. The van der Waals surface area contributed by atoms with Crippen molar-refractivity contribution < 1.29 is 13.2 Å². The first-order valence-electron chi connectivity index (χ1n) is 6.21. The molecule has 0 aromatic carbocycles. The van der Waals surface area contributed by atoms with E-state index in [1.807, 2.05) is 12.1 Å². The molecule has 0 unspecified atom stereocenters. The minimum Gasteiger partial charge on any atom is -0.355 e. The first kappa shape index (κ1) is 14.0. The van der Waals surface area contributed by atoms with Crippen LogP contribution in [0, 0.1) is 0 Å². The van der Waals surface area contributed by atoms with E-state index >= 15 is 0 Å². The minimum atomic E-state index is -3.31. The van der Waals surface area contributed by atoms with E-state index in [1.54, 1.807) is 12.4 Å². The van der Waals surface area contributed by atoms with Gasteiger partial charge in [-0.15, -0.1) is 0 Å². The molecular formula is C12H17N3O3S. The summed E-state index contributed by atoms with van der Waals surface area (Å²) < 4.78 is 25.8. The van der Waals surface area contributed by atoms with Crippen molar-refractivity contribution in [2.45, 2.75) is 12.8 Å². The molecule has 1 aliphatic heterocycles. The fraction of sp³-hybridized carbons (Fsp3) is 0.500. The van der Waals surface area contributed by atoms with Crippen LogP contribution >= 0.6 is 0 Å². The molecule has 1 saturated heterocycles. The highest BCUT2D eigenvalue weighted by atomic mass is 32.2. The van der Waals surface area contributed by atoms with Gasteiger partial charge in [0.15, 0.2) is 0 Å². The molecule has 0 saturated carbocycles. The zero-order valence-electron chi connectivity index (χ0n) is 10.6. The van der Waals surface area contributed by atoms with Crippen molar-refractivity contribution in [1.29, 1.82) is 0 Å². The van der Waals surface area contributed by atoms with E-state index < -0.39 is 10.0 Å². The summed E-state index contributed by atoms with van der Waals surface area (Å²) in [7, 11) is -3.31. The van der Waals surface area contributed by atoms with Gasteiger partial charge in [0.2, 0.25) is 15.9 Å². The zero-order valence-corrected chi connectivity index (χ0v) is 11.4. The molecule has 0 aliphatic carbocycles. The van der Waals surface area contributed by atoms with Gasteiger partial charge >= 0.3 is 0 Å². The normalized spacial score (nSPS) is 17.8. The number of aryl methyl sites for hydroxylation is 1. The molecule has 1 N–H and O–H groups in total. The Balaban J connectivity index is 1.96. The molecule has 104 valence electrons. The summed E-state index contributed by atoms with van der Waals surface area (Å²) >= 11 is 0. The lowest BCUT2D eigenvalue weighted by atomic mass is 10.2. The SMILES string of the molecule is O=C1CCN(S(=O)(=O)CCc2ccncc2)CCN1. The molecule has 0 spiro atoms. The van der Waals surface area contributed by atoms with E-state index in [0.29, 0.717) is 19.5 Å². The summed E-state index contributed by atoms with van der Waals surface area (Å²) in [6.45, 7) is 1.00. The second-order valence-corrected chi connectivity index (χ2v) is 6.51. The summed E-state index contributed by atoms with van der Waals surface area (Å²) in [5.41, 5.74) is 0.947. The lowest BCUT2D eigenvalue weighted by Crippen LogP contribution is -2.36. The van der Waals surface area contributed by atoms with Crippen LogP contribution in [0.15, 0.2) is 24.5 Å². The first-order chi connectivity index (χ1) is 9.08. The van der Waals surface area contributed by atoms with Gasteiger partial charge in [-0.1, -0.05) is 0 Å². The third kappa shape index (κ3) is 4.00. The van der Waals surface area contributed by atoms with Gasteiger partial charge in [-0.25, -0.2) is 8.42 Å². The number of nitrogens with one attached hydrogen (secondary N) is 1. The zero-order chi connectivity index (χ0) is 13.7. The van der Waals surface area contributed by atoms with Crippen LogP contribution in [-0.4, -0.2) is 49.0 Å². The Kier molecular flexibility index (Phi) is 4.49. The van der Waals surface area contributed by atoms with Gasteiger partial charge in [0.1, 0.15) is 0 Å². The van der Waals surface area contributed by atoms with Crippen molar-refractivity contribution in [3.8, 4) is 0 Å². The van der Waals surface area contributed by atoms with Crippen molar-refractivity contribution >= 4 is 15.9 Å². The molecule has 2 heterocycles. The smallest absolute Gasteiger partial charge is 0.221 e. The van der Waals surface area contributed by atoms with Crippen LogP contribution in [-0.2, 0) is 21.2 Å². The van der Waals surface area contributed by atoms with Crippen molar-refractivity contribution in [2.75, 3.05) is 25.4 Å². The molecule has 1 aliphatic rings. The van der Waals surface area contributed by atoms with Gasteiger partial charge in [0, 0.05) is 38.4 Å². The number of amides is 1. The molecule has 1 fully saturated rings. The summed E-state index contributed by atoms with van der Waals surface area (Å²) in [6.07, 6.45) is 3.99. The van der Waals surface area contributed by atoms with E-state index in [2.05, 4.69) is 10.3 Å². The lowest BCUT2D eigenvalue weighted by molar-refractivity contribution is -0.120. The summed E-state index contributed by atoms with van der Waals surface area (Å²) in [5, 5.41) is 2.67. The van der Waals surface area contributed by atoms with Gasteiger partial charge in [0.05, 0.1) is 5.75 Å². The molecule has 0 bridgehead atoms. The predicted molar refractivity (Wildman–Crippen MR) is 70.9 cm³/mol. The maximum Gasteiger partial charge on any atom is 0.221 e. The number of rotatable bonds is 4. The molecule has 1 aromatic rings. The van der Waals surface area contributed by atoms with E-state index in [1.165, 1.54) is 4.31 Å². The van der Waals surface area contributed by atoms with Crippen LogP contribution in [0.1, 0.15) is 12.0 Å². The first-order valence-corrected chi connectivity index (χ1v) is 7.82. The van der Waals surface area contributed by atoms with E-state index in [-0.39, 0.29) is 24.6 Å². The Labute approximate surface area is 112 Å². The minimum absolute atomic E-state index is 0.0607. The van der Waals surface area contributed by atoms with Gasteiger partial charge < -0.3 is 5.32 Å². The van der Waals surface area contributed by atoms with Gasteiger partial charge in [-0.2, -0.15) is 4.31 Å². The van der Waals surface area contributed by atoms with Crippen molar-refractivity contribution in [3.63, 3.8) is 0 Å². The van der Waals surface area contributed by atoms with Crippen molar-refractivity contribution in [3.05, 3.63) is 30.1 Å². The standard InChI is InChI=1S/C12H17N3O3S/c16-12-3-8-15(9-7-14-12)19(17,18)10-4-11-1-5-13-6-2-11/h1-2,5-6H,3-4,7-10H2,(H,14,16). The maximum absolute atomic E-state index is 12.2. The van der Waals surface area contributed by atoms with Crippen LogP contribution in [0.2, 0.25) is 0 Å². The topological polar surface area (TPSA) is 79.4 Å². The molecule has 0 atom stereocenters. The average molecular weight is 283 g/mol. The molecule has 2 rings (SSSR count). The largest absolute Gasteiger partial charge is 0.355 e. The Morgan fingerprint density at radius 2 is 2.00 bits per heavy atom. The third-order valence-electron chi connectivity index (χ3n) is 3.06. The highest BCUT2D eigenvalue weighted by Crippen LogP contribution is 2.08. The molecule has 7 heteroatoms. The second-order valence-electron chi connectivity index (χ2n) is 4.42. The number of pyridine rings is 1. The number of carbonyl (C=O) groups excluding carboxylic acids is 1. The van der Waals surface area contributed by atoms with E-state index in [0.717, 1.165) is 5.56 Å². The number of hydrogen-bond acceptors (Lipinski definition) is 4. The van der Waals surface area contributed by atoms with Crippen LogP contribution in [0.4, 0.5) is 0 Å². The average Bonchev–Trinajstić information content (AvgIpc) is 2.63. The molecule has 0 radical (unpaired) electrons. The van der Waals surface area contributed by atoms with Gasteiger partial charge in [0.25, 0.3) is 0 Å². The number of carbonyl (C=O) groups is 1. The Hall–Kier alpha value is -1.47. The number of aromatic nitrogens is 1. The highest BCUT2D eigenvalue weighted by molar-refractivity contribution is 7.89. The summed E-state index contributed by atoms with van der Waals surface area (Å²) in [4.78, 5) is 15.1. The highest BCUT2D eigenvalue weighted by Gasteiger charge is 2.24. The number of nitrogens with zero attached hydrogens (tertiary/aromatic N) is 2. The lowest BCUT2D eigenvalue weighted by Gasteiger charge is -2.19. The fourth-order valence-corrected chi connectivity index (χ4v) is 3.44. The van der Waals surface area contributed by atoms with Gasteiger partial charge in [-0.3, -0.25) is 9.78 Å². The van der Waals surface area contributed by atoms with Crippen LogP contribution in [0.3, 0.4) is 0 Å². The Morgan fingerprint density at radius 1 is 1.26 bits per heavy atom. The molecule has 1 aromatic heterocycles. The molecule has 1 amide bonds. The van der Waals surface area contributed by atoms with E-state index in [9.17, 15) is 13.2 Å². The summed E-state index contributed by atoms with van der Waals surface area (Å²) in [5.74, 6) is -0.0302. The van der Waals surface area contributed by atoms with Crippen LogP contribution < -0.4 is 5.32 Å². The van der Waals surface area contributed by atoms with Crippen molar-refractivity contribution in [1.82, 2.24) is 14.6 Å². The number of sulfonamides is 1. The maximum atomic E-state index is 12.2. The predicted octanol–water partition coefficient (Wildman–Crippen LogP) is -0.224. The van der Waals surface area contributed by atoms with E-state index in [4.69, 9.17) is 0 Å². The van der Waals surface area contributed by atoms with Crippen LogP contribution in [0.25, 0.3) is 0 Å². The Morgan fingerprint density at radius 3 is 2.74 bits per heavy atom. The molecule has 6 nitrogen and oxygen atoms in total. The van der Waals surface area contributed by atoms with Crippen molar-refractivity contribution in [2.24, 2.45) is 0 Å². The number of hydrogen-bond donors (Lipinski definition) is 1.